The Hall–Kier alpha value is -2.57. The summed E-state index contributed by atoms with van der Waals surface area (Å²) in [5, 5.41) is 9.76. The van der Waals surface area contributed by atoms with E-state index in [4.69, 9.17) is 0 Å². The minimum atomic E-state index is -0.0649. The first-order chi connectivity index (χ1) is 13.7. The van der Waals surface area contributed by atoms with Crippen molar-refractivity contribution in [1.29, 1.82) is 0 Å². The summed E-state index contributed by atoms with van der Waals surface area (Å²) in [7, 11) is 0. The molecule has 28 heavy (non-hydrogen) atoms. The number of carbonyl (C=O) groups is 1. The van der Waals surface area contributed by atoms with Gasteiger partial charge in [-0.15, -0.1) is 0 Å². The van der Waals surface area contributed by atoms with Gasteiger partial charge in [-0.3, -0.25) is 4.79 Å². The van der Waals surface area contributed by atoms with Crippen LogP contribution in [0, 0.1) is 6.92 Å². The number of rotatable bonds is 4. The van der Waals surface area contributed by atoms with Gasteiger partial charge in [-0.2, -0.15) is 0 Å². The van der Waals surface area contributed by atoms with Crippen molar-refractivity contribution in [3.8, 4) is 0 Å². The Bertz CT molecular complexity index is 808. The first kappa shape index (κ1) is 18.8. The summed E-state index contributed by atoms with van der Waals surface area (Å²) in [5.41, 5.74) is 5.09. The molecule has 1 amide bonds. The van der Waals surface area contributed by atoms with Crippen LogP contribution in [-0.4, -0.2) is 58.3 Å². The molecule has 0 atom stereocenters. The molecule has 6 heteroatoms. The van der Waals surface area contributed by atoms with Gasteiger partial charge in [0.15, 0.2) is 0 Å². The molecule has 0 unspecified atom stereocenters. The number of piperazine rings is 2. The number of benzene rings is 2. The van der Waals surface area contributed by atoms with E-state index in [0.29, 0.717) is 5.56 Å². The van der Waals surface area contributed by atoms with E-state index >= 15 is 0 Å². The first-order valence-electron chi connectivity index (χ1n) is 10.1. The molecular weight excluding hydrogens is 350 g/mol. The summed E-state index contributed by atoms with van der Waals surface area (Å²) in [6.07, 6.45) is 0. The molecule has 3 N–H and O–H groups in total. The molecule has 0 bridgehead atoms. The van der Waals surface area contributed by atoms with Crippen LogP contribution in [0.25, 0.3) is 0 Å². The quantitative estimate of drug-likeness (QED) is 0.759. The summed E-state index contributed by atoms with van der Waals surface area (Å²) in [6, 6.07) is 14.1. The van der Waals surface area contributed by atoms with Gasteiger partial charge >= 0.3 is 0 Å². The highest BCUT2D eigenvalue weighted by molar-refractivity contribution is 6.04. The zero-order valence-electron chi connectivity index (χ0n) is 16.5. The van der Waals surface area contributed by atoms with Gasteiger partial charge in [0.1, 0.15) is 0 Å². The van der Waals surface area contributed by atoms with E-state index in [9.17, 15) is 4.79 Å². The molecule has 2 aromatic rings. The third-order valence-corrected chi connectivity index (χ3v) is 5.52. The monoisotopic (exact) mass is 379 g/mol. The SMILES string of the molecule is Cc1cc(C(=O)Nc2ccc(N3CCNCC3)cc2)ccc1N1CCNCC1. The molecule has 0 spiro atoms. The molecule has 2 heterocycles. The van der Waals surface area contributed by atoms with E-state index in [-0.39, 0.29) is 5.91 Å². The molecule has 148 valence electrons. The average molecular weight is 380 g/mol. The lowest BCUT2D eigenvalue weighted by Crippen LogP contribution is -2.43. The zero-order chi connectivity index (χ0) is 19.3. The Kier molecular flexibility index (Phi) is 5.78. The van der Waals surface area contributed by atoms with E-state index in [1.54, 1.807) is 0 Å². The fourth-order valence-electron chi connectivity index (χ4n) is 3.94. The van der Waals surface area contributed by atoms with Crippen LogP contribution in [0.1, 0.15) is 15.9 Å². The zero-order valence-corrected chi connectivity index (χ0v) is 16.5. The molecule has 6 nitrogen and oxygen atoms in total. The number of hydrogen-bond donors (Lipinski definition) is 3. The largest absolute Gasteiger partial charge is 0.369 e. The standard InChI is InChI=1S/C22H29N5O/c1-17-16-18(2-7-21(17)27-14-10-24-11-15-27)22(28)25-19-3-5-20(6-4-19)26-12-8-23-9-13-26/h2-7,16,23-24H,8-15H2,1H3,(H,25,28). The van der Waals surface area contributed by atoms with Gasteiger partial charge in [-0.05, 0) is 55.0 Å². The molecule has 2 saturated heterocycles. The van der Waals surface area contributed by atoms with Crippen LogP contribution in [0.3, 0.4) is 0 Å². The lowest BCUT2D eigenvalue weighted by Gasteiger charge is -2.30. The summed E-state index contributed by atoms with van der Waals surface area (Å²) in [5.74, 6) is -0.0649. The summed E-state index contributed by atoms with van der Waals surface area (Å²) < 4.78 is 0. The van der Waals surface area contributed by atoms with Crippen LogP contribution >= 0.6 is 0 Å². The summed E-state index contributed by atoms with van der Waals surface area (Å²) in [6.45, 7) is 10.2. The predicted molar refractivity (Wildman–Crippen MR) is 116 cm³/mol. The fraction of sp³-hybridized carbons (Fsp3) is 0.409. The van der Waals surface area contributed by atoms with Gasteiger partial charge in [0.25, 0.3) is 5.91 Å². The van der Waals surface area contributed by atoms with Gasteiger partial charge < -0.3 is 25.8 Å². The van der Waals surface area contributed by atoms with Crippen LogP contribution in [0.2, 0.25) is 0 Å². The Morgan fingerprint density at radius 1 is 0.857 bits per heavy atom. The van der Waals surface area contributed by atoms with E-state index in [1.165, 1.54) is 11.4 Å². The normalized spacial score (nSPS) is 17.5. The van der Waals surface area contributed by atoms with E-state index < -0.39 is 0 Å². The van der Waals surface area contributed by atoms with Crippen LogP contribution in [-0.2, 0) is 0 Å². The smallest absolute Gasteiger partial charge is 0.255 e. The Labute approximate surface area is 166 Å². The third-order valence-electron chi connectivity index (χ3n) is 5.52. The number of amides is 1. The Balaban J connectivity index is 1.41. The number of nitrogens with zero attached hydrogens (tertiary/aromatic N) is 2. The van der Waals surface area contributed by atoms with Crippen molar-refractivity contribution < 1.29 is 4.79 Å². The van der Waals surface area contributed by atoms with Crippen molar-refractivity contribution in [2.24, 2.45) is 0 Å². The van der Waals surface area contributed by atoms with Gasteiger partial charge in [0, 0.05) is 75.0 Å². The molecule has 0 aromatic heterocycles. The predicted octanol–water partition coefficient (Wildman–Crippen LogP) is 2.07. The highest BCUT2D eigenvalue weighted by Crippen LogP contribution is 2.23. The van der Waals surface area contributed by atoms with Gasteiger partial charge in [-0.25, -0.2) is 0 Å². The second-order valence-electron chi connectivity index (χ2n) is 7.48. The summed E-state index contributed by atoms with van der Waals surface area (Å²) in [4.78, 5) is 17.4. The van der Waals surface area contributed by atoms with Crippen molar-refractivity contribution in [1.82, 2.24) is 10.6 Å². The van der Waals surface area contributed by atoms with E-state index in [1.807, 2.05) is 24.3 Å². The molecular formula is C22H29N5O. The van der Waals surface area contributed by atoms with Crippen LogP contribution in [0.5, 0.6) is 0 Å². The van der Waals surface area contributed by atoms with Gasteiger partial charge in [-0.1, -0.05) is 0 Å². The number of carbonyl (C=O) groups excluding carboxylic acids is 1. The molecule has 2 aliphatic rings. The molecule has 2 aromatic carbocycles. The minimum Gasteiger partial charge on any atom is -0.369 e. The van der Waals surface area contributed by atoms with Crippen LogP contribution in [0.4, 0.5) is 17.1 Å². The van der Waals surface area contributed by atoms with Gasteiger partial charge in [0.05, 0.1) is 0 Å². The number of aryl methyl sites for hydroxylation is 1. The number of nitrogens with one attached hydrogen (secondary N) is 3. The van der Waals surface area contributed by atoms with Crippen molar-refractivity contribution in [2.45, 2.75) is 6.92 Å². The maximum atomic E-state index is 12.7. The molecule has 4 rings (SSSR count). The van der Waals surface area contributed by atoms with Crippen LogP contribution in [0.15, 0.2) is 42.5 Å². The lowest BCUT2D eigenvalue weighted by atomic mass is 10.1. The molecule has 0 radical (unpaired) electrons. The highest BCUT2D eigenvalue weighted by atomic mass is 16.1. The minimum absolute atomic E-state index is 0.0649. The molecule has 2 fully saturated rings. The number of hydrogen-bond acceptors (Lipinski definition) is 5. The maximum absolute atomic E-state index is 12.7. The molecule has 0 saturated carbocycles. The van der Waals surface area contributed by atoms with Crippen molar-refractivity contribution in [3.63, 3.8) is 0 Å². The van der Waals surface area contributed by atoms with E-state index in [0.717, 1.165) is 63.6 Å². The van der Waals surface area contributed by atoms with Crippen molar-refractivity contribution in [2.75, 3.05) is 67.5 Å². The van der Waals surface area contributed by atoms with Crippen LogP contribution < -0.4 is 25.8 Å². The Morgan fingerprint density at radius 3 is 2.07 bits per heavy atom. The highest BCUT2D eigenvalue weighted by Gasteiger charge is 2.15. The van der Waals surface area contributed by atoms with Crippen molar-refractivity contribution in [3.05, 3.63) is 53.6 Å². The maximum Gasteiger partial charge on any atom is 0.255 e. The first-order valence-corrected chi connectivity index (χ1v) is 10.1. The van der Waals surface area contributed by atoms with Gasteiger partial charge in [0.2, 0.25) is 0 Å². The second-order valence-corrected chi connectivity index (χ2v) is 7.48. The third kappa shape index (κ3) is 4.29. The lowest BCUT2D eigenvalue weighted by molar-refractivity contribution is 0.102. The van der Waals surface area contributed by atoms with Crippen molar-refractivity contribution >= 4 is 23.0 Å². The fourth-order valence-corrected chi connectivity index (χ4v) is 3.94. The molecule has 2 aliphatic heterocycles. The summed E-state index contributed by atoms with van der Waals surface area (Å²) >= 11 is 0. The molecule has 0 aliphatic carbocycles. The van der Waals surface area contributed by atoms with E-state index in [2.05, 4.69) is 50.9 Å². The average Bonchev–Trinajstić information content (AvgIpc) is 2.75. The Morgan fingerprint density at radius 2 is 1.46 bits per heavy atom. The topological polar surface area (TPSA) is 59.6 Å². The number of anilines is 3. The second kappa shape index (κ2) is 8.63.